The Morgan fingerprint density at radius 2 is 0.735 bits per heavy atom. The molecule has 1 aromatic carbocycles. The van der Waals surface area contributed by atoms with Crippen molar-refractivity contribution in [3.05, 3.63) is 35.4 Å². The normalized spacial score (nSPS) is 24.8. The third-order valence-electron chi connectivity index (χ3n) is 9.90. The van der Waals surface area contributed by atoms with E-state index < -0.39 is 0 Å². The van der Waals surface area contributed by atoms with Crippen molar-refractivity contribution >= 4 is 15.8 Å². The van der Waals surface area contributed by atoms with Crippen molar-refractivity contribution in [3.63, 3.8) is 0 Å². The summed E-state index contributed by atoms with van der Waals surface area (Å²) in [4.78, 5) is 0. The summed E-state index contributed by atoms with van der Waals surface area (Å²) in [7, 11) is 0.350. The Hall–Kier alpha value is 0.0800. The van der Waals surface area contributed by atoms with Gasteiger partial charge in [0.15, 0.2) is 0 Å². The average Bonchev–Trinajstić information content (AvgIpc) is 2.92. The smallest absolute Gasteiger partial charge is 0.00680 e. The number of rotatable bonds is 8. The first-order chi connectivity index (χ1) is 16.9. The summed E-state index contributed by atoms with van der Waals surface area (Å²) in [6.07, 6.45) is 33.5. The molecule has 0 amide bonds. The maximum absolute atomic E-state index is 2.72. The van der Waals surface area contributed by atoms with E-state index in [2.05, 4.69) is 24.3 Å². The van der Waals surface area contributed by atoms with Gasteiger partial charge in [-0.15, -0.1) is 0 Å². The molecule has 0 aromatic heterocycles. The van der Waals surface area contributed by atoms with Gasteiger partial charge in [0.25, 0.3) is 0 Å². The zero-order valence-electron chi connectivity index (χ0n) is 22.1. The van der Waals surface area contributed by atoms with E-state index in [1.54, 1.807) is 62.5 Å². The molecule has 4 fully saturated rings. The maximum atomic E-state index is 2.72. The van der Waals surface area contributed by atoms with Gasteiger partial charge in [-0.05, 0) is 97.5 Å². The molecular formula is C32H52P2. The Balaban J connectivity index is 1.30. The van der Waals surface area contributed by atoms with Crippen LogP contribution in [-0.4, -0.2) is 22.6 Å². The lowest BCUT2D eigenvalue weighted by Crippen LogP contribution is -2.22. The van der Waals surface area contributed by atoms with Crippen molar-refractivity contribution in [2.45, 2.75) is 163 Å². The van der Waals surface area contributed by atoms with E-state index in [1.807, 2.05) is 0 Å². The molecule has 0 unspecified atom stereocenters. The van der Waals surface area contributed by atoms with Gasteiger partial charge in [0.1, 0.15) is 0 Å². The van der Waals surface area contributed by atoms with Crippen LogP contribution in [0.4, 0.5) is 0 Å². The van der Waals surface area contributed by atoms with Crippen LogP contribution in [0.25, 0.3) is 0 Å². The lowest BCUT2D eigenvalue weighted by molar-refractivity contribution is 0.483. The molecule has 0 bridgehead atoms. The quantitative estimate of drug-likeness (QED) is 0.313. The zero-order chi connectivity index (χ0) is 23.0. The molecule has 0 radical (unpaired) electrons. The van der Waals surface area contributed by atoms with E-state index in [9.17, 15) is 0 Å². The first-order valence-electron chi connectivity index (χ1n) is 15.5. The summed E-state index contributed by atoms with van der Waals surface area (Å²) < 4.78 is 0. The minimum Gasteiger partial charge on any atom is -0.0958 e. The molecule has 4 aliphatic rings. The van der Waals surface area contributed by atoms with Crippen LogP contribution >= 0.6 is 15.8 Å². The highest BCUT2D eigenvalue weighted by Gasteiger charge is 2.32. The second kappa shape index (κ2) is 13.6. The van der Waals surface area contributed by atoms with E-state index in [-0.39, 0.29) is 15.8 Å². The molecule has 0 atom stereocenters. The molecule has 0 heterocycles. The van der Waals surface area contributed by atoms with E-state index in [4.69, 9.17) is 0 Å². The summed E-state index contributed by atoms with van der Waals surface area (Å²) in [5.41, 5.74) is 7.77. The first kappa shape index (κ1) is 25.7. The molecular weight excluding hydrogens is 446 g/mol. The Bertz CT molecular complexity index is 612. The van der Waals surface area contributed by atoms with Crippen LogP contribution in [0.1, 0.15) is 140 Å². The Labute approximate surface area is 214 Å². The van der Waals surface area contributed by atoms with Gasteiger partial charge in [-0.1, -0.05) is 117 Å². The highest BCUT2D eigenvalue weighted by molar-refractivity contribution is 7.58. The third kappa shape index (κ3) is 7.10. The zero-order valence-corrected chi connectivity index (χ0v) is 23.9. The maximum Gasteiger partial charge on any atom is -0.00680 e. The van der Waals surface area contributed by atoms with Crippen LogP contribution in [0.5, 0.6) is 0 Å². The van der Waals surface area contributed by atoms with Crippen LogP contribution in [0, 0.1) is 0 Å². The van der Waals surface area contributed by atoms with Crippen molar-refractivity contribution in [1.29, 1.82) is 0 Å². The lowest BCUT2D eigenvalue weighted by Gasteiger charge is -2.39. The van der Waals surface area contributed by atoms with Gasteiger partial charge in [0.2, 0.25) is 0 Å². The van der Waals surface area contributed by atoms with Gasteiger partial charge in [-0.3, -0.25) is 0 Å². The fourth-order valence-corrected chi connectivity index (χ4v) is 15.6. The SMILES string of the molecule is c1cc(CP(C2CCCCC2)C2CCCCC2)cc(CP(C2CCCCC2)C2CCCCC2)c1. The average molecular weight is 499 g/mol. The highest BCUT2D eigenvalue weighted by Crippen LogP contribution is 2.59. The molecule has 1 aromatic rings. The standard InChI is InChI=1S/C32H52P2/c1-5-16-29(17-6-1)33(30-18-7-2-8-19-30)25-27-14-13-15-28(24-27)26-34(31-20-9-3-10-21-31)32-22-11-4-12-23-32/h13-15,24,29-32H,1-12,16-23,25-26H2. The molecule has 0 aliphatic heterocycles. The van der Waals surface area contributed by atoms with Crippen molar-refractivity contribution in [3.8, 4) is 0 Å². The molecule has 34 heavy (non-hydrogen) atoms. The highest BCUT2D eigenvalue weighted by atomic mass is 31.1. The van der Waals surface area contributed by atoms with Crippen LogP contribution in [-0.2, 0) is 12.3 Å². The molecule has 4 aliphatic carbocycles. The minimum absolute atomic E-state index is 0.175. The Morgan fingerprint density at radius 3 is 1.03 bits per heavy atom. The monoisotopic (exact) mass is 498 g/mol. The molecule has 0 saturated heterocycles. The molecule has 190 valence electrons. The molecule has 2 heteroatoms. The Kier molecular flexibility index (Phi) is 10.3. The Morgan fingerprint density at radius 1 is 0.441 bits per heavy atom. The number of benzene rings is 1. The predicted octanol–water partition coefficient (Wildman–Crippen LogP) is 11.0. The van der Waals surface area contributed by atoms with Crippen molar-refractivity contribution < 1.29 is 0 Å². The van der Waals surface area contributed by atoms with Crippen LogP contribution in [0.3, 0.4) is 0 Å². The molecule has 0 nitrogen and oxygen atoms in total. The summed E-state index contributed by atoms with van der Waals surface area (Å²) in [5, 5.41) is 0. The van der Waals surface area contributed by atoms with Gasteiger partial charge in [-0.25, -0.2) is 0 Å². The van der Waals surface area contributed by atoms with Crippen molar-refractivity contribution in [1.82, 2.24) is 0 Å². The molecule has 0 spiro atoms. The second-order valence-corrected chi connectivity index (χ2v) is 17.9. The topological polar surface area (TPSA) is 0 Å². The molecule has 5 rings (SSSR count). The second-order valence-electron chi connectivity index (χ2n) is 12.3. The fourth-order valence-electron chi connectivity index (χ4n) is 8.01. The predicted molar refractivity (Wildman–Crippen MR) is 155 cm³/mol. The van der Waals surface area contributed by atoms with Gasteiger partial charge < -0.3 is 0 Å². The van der Waals surface area contributed by atoms with Crippen LogP contribution < -0.4 is 0 Å². The summed E-state index contributed by atoms with van der Waals surface area (Å²) >= 11 is 0. The van der Waals surface area contributed by atoms with E-state index in [1.165, 1.54) is 89.4 Å². The lowest BCUT2D eigenvalue weighted by atomic mass is 9.99. The third-order valence-corrected chi connectivity index (χ3v) is 17.2. The minimum atomic E-state index is 0.175. The molecule has 4 saturated carbocycles. The molecule has 0 N–H and O–H groups in total. The first-order valence-corrected chi connectivity index (χ1v) is 18.8. The van der Waals surface area contributed by atoms with Gasteiger partial charge in [-0.2, -0.15) is 0 Å². The van der Waals surface area contributed by atoms with Crippen LogP contribution in [0.15, 0.2) is 24.3 Å². The fraction of sp³-hybridized carbons (Fsp3) is 0.812. The summed E-state index contributed by atoms with van der Waals surface area (Å²) in [5.74, 6) is 0. The van der Waals surface area contributed by atoms with E-state index in [0.29, 0.717) is 0 Å². The number of hydrogen-bond acceptors (Lipinski definition) is 0. The van der Waals surface area contributed by atoms with E-state index in [0.717, 1.165) is 22.6 Å². The number of hydrogen-bond donors (Lipinski definition) is 0. The van der Waals surface area contributed by atoms with Crippen LogP contribution in [0.2, 0.25) is 0 Å². The van der Waals surface area contributed by atoms with Gasteiger partial charge in [0.05, 0.1) is 0 Å². The van der Waals surface area contributed by atoms with Gasteiger partial charge >= 0.3 is 0 Å². The summed E-state index contributed by atoms with van der Waals surface area (Å²) in [6, 6.07) is 10.2. The van der Waals surface area contributed by atoms with E-state index >= 15 is 0 Å². The van der Waals surface area contributed by atoms with Crippen molar-refractivity contribution in [2.75, 3.05) is 0 Å². The summed E-state index contributed by atoms with van der Waals surface area (Å²) in [6.45, 7) is 0. The van der Waals surface area contributed by atoms with Crippen molar-refractivity contribution in [2.24, 2.45) is 0 Å². The largest absolute Gasteiger partial charge is 0.0958 e. The van der Waals surface area contributed by atoms with Gasteiger partial charge in [0, 0.05) is 0 Å².